The first kappa shape index (κ1) is 11.3. The van der Waals surface area contributed by atoms with Crippen molar-refractivity contribution in [1.82, 2.24) is 9.97 Å². The summed E-state index contributed by atoms with van der Waals surface area (Å²) < 4.78 is 4.98. The zero-order valence-electron chi connectivity index (χ0n) is 9.72. The highest BCUT2D eigenvalue weighted by atomic mass is 16.5. The minimum atomic E-state index is -0.430. The Hall–Kier alpha value is -2.24. The number of amides is 2. The maximum atomic E-state index is 11.7. The summed E-state index contributed by atoms with van der Waals surface area (Å²) in [5.41, 5.74) is 0.996. The molecule has 2 heterocycles. The lowest BCUT2D eigenvalue weighted by Gasteiger charge is -2.13. The van der Waals surface area contributed by atoms with Crippen LogP contribution in [0.4, 0.5) is 5.95 Å². The third-order valence-electron chi connectivity index (χ3n) is 2.33. The average Bonchev–Trinajstić information content (AvgIpc) is 2.52. The van der Waals surface area contributed by atoms with Crippen LogP contribution in [0.3, 0.4) is 0 Å². The molecule has 1 aromatic rings. The smallest absolute Gasteiger partial charge is 0.263 e. The van der Waals surface area contributed by atoms with Crippen LogP contribution in [-0.2, 0) is 9.59 Å². The second-order valence-electron chi connectivity index (χ2n) is 3.66. The number of carbonyl (C=O) groups is 2. The standard InChI is InChI=1S/C11H11N3O3/c1-6-4-9(15)14(10(6)16)11-12-7(2)5-8(13-11)17-3/h4-5H,1-3H3. The minimum absolute atomic E-state index is 0.0463. The Labute approximate surface area is 97.9 Å². The number of aromatic nitrogens is 2. The van der Waals surface area contributed by atoms with Crippen molar-refractivity contribution in [3.63, 3.8) is 0 Å². The Morgan fingerprint density at radius 3 is 2.47 bits per heavy atom. The number of carbonyl (C=O) groups excluding carboxylic acids is 2. The lowest BCUT2D eigenvalue weighted by molar-refractivity contribution is -0.120. The number of ether oxygens (including phenoxy) is 1. The van der Waals surface area contributed by atoms with Crippen LogP contribution in [0.1, 0.15) is 12.6 Å². The van der Waals surface area contributed by atoms with E-state index < -0.39 is 11.8 Å². The van der Waals surface area contributed by atoms with Crippen molar-refractivity contribution in [1.29, 1.82) is 0 Å². The van der Waals surface area contributed by atoms with Crippen LogP contribution < -0.4 is 9.64 Å². The maximum absolute atomic E-state index is 11.7. The molecule has 6 nitrogen and oxygen atoms in total. The van der Waals surface area contributed by atoms with E-state index in [0.29, 0.717) is 17.1 Å². The van der Waals surface area contributed by atoms with E-state index in [4.69, 9.17) is 4.74 Å². The summed E-state index contributed by atoms with van der Waals surface area (Å²) >= 11 is 0. The molecule has 0 aromatic carbocycles. The molecule has 0 unspecified atom stereocenters. The van der Waals surface area contributed by atoms with E-state index in [0.717, 1.165) is 4.90 Å². The summed E-state index contributed by atoms with van der Waals surface area (Å²) in [6.07, 6.45) is 1.26. The number of imide groups is 1. The van der Waals surface area contributed by atoms with E-state index in [1.807, 2.05) is 0 Å². The average molecular weight is 233 g/mol. The monoisotopic (exact) mass is 233 g/mol. The number of anilines is 1. The van der Waals surface area contributed by atoms with E-state index in [1.165, 1.54) is 13.2 Å². The fourth-order valence-corrected chi connectivity index (χ4v) is 1.51. The number of aryl methyl sites for hydroxylation is 1. The molecule has 0 radical (unpaired) electrons. The van der Waals surface area contributed by atoms with Crippen molar-refractivity contribution in [3.8, 4) is 5.88 Å². The van der Waals surface area contributed by atoms with Crippen LogP contribution in [0.15, 0.2) is 17.7 Å². The van der Waals surface area contributed by atoms with E-state index in [2.05, 4.69) is 9.97 Å². The first-order valence-corrected chi connectivity index (χ1v) is 4.99. The number of nitrogens with zero attached hydrogens (tertiary/aromatic N) is 3. The lowest BCUT2D eigenvalue weighted by Crippen LogP contribution is -2.32. The first-order valence-electron chi connectivity index (χ1n) is 4.99. The van der Waals surface area contributed by atoms with E-state index in [-0.39, 0.29) is 5.95 Å². The largest absolute Gasteiger partial charge is 0.481 e. The van der Waals surface area contributed by atoms with Gasteiger partial charge in [0.25, 0.3) is 11.8 Å². The quantitative estimate of drug-likeness (QED) is 0.700. The van der Waals surface area contributed by atoms with Gasteiger partial charge >= 0.3 is 0 Å². The highest BCUT2D eigenvalue weighted by Crippen LogP contribution is 2.21. The molecule has 17 heavy (non-hydrogen) atoms. The molecule has 1 aromatic heterocycles. The molecule has 0 spiro atoms. The zero-order chi connectivity index (χ0) is 12.6. The van der Waals surface area contributed by atoms with Gasteiger partial charge in [-0.1, -0.05) is 0 Å². The molecular weight excluding hydrogens is 222 g/mol. The predicted molar refractivity (Wildman–Crippen MR) is 59.6 cm³/mol. The molecule has 0 saturated heterocycles. The summed E-state index contributed by atoms with van der Waals surface area (Å²) in [6.45, 7) is 3.31. The molecule has 1 aliphatic heterocycles. The van der Waals surface area contributed by atoms with Gasteiger partial charge in [0.1, 0.15) is 0 Å². The van der Waals surface area contributed by atoms with Gasteiger partial charge in [-0.25, -0.2) is 9.88 Å². The third-order valence-corrected chi connectivity index (χ3v) is 2.33. The molecule has 2 amide bonds. The Morgan fingerprint density at radius 2 is 1.94 bits per heavy atom. The van der Waals surface area contributed by atoms with Gasteiger partial charge in [-0.3, -0.25) is 9.59 Å². The highest BCUT2D eigenvalue weighted by molar-refractivity contribution is 6.29. The Kier molecular flexibility index (Phi) is 2.63. The van der Waals surface area contributed by atoms with Crippen LogP contribution in [0.25, 0.3) is 0 Å². The van der Waals surface area contributed by atoms with Gasteiger partial charge in [0.15, 0.2) is 0 Å². The molecule has 0 atom stereocenters. The number of hydrogen-bond donors (Lipinski definition) is 0. The fourth-order valence-electron chi connectivity index (χ4n) is 1.51. The molecule has 0 saturated carbocycles. The van der Waals surface area contributed by atoms with Crippen molar-refractivity contribution < 1.29 is 14.3 Å². The zero-order valence-corrected chi connectivity index (χ0v) is 9.72. The van der Waals surface area contributed by atoms with Gasteiger partial charge < -0.3 is 4.74 Å². The molecular formula is C11H11N3O3. The molecule has 0 bridgehead atoms. The van der Waals surface area contributed by atoms with Crippen LogP contribution >= 0.6 is 0 Å². The van der Waals surface area contributed by atoms with Crippen LogP contribution in [-0.4, -0.2) is 28.9 Å². The fraction of sp³-hybridized carbons (Fsp3) is 0.273. The summed E-state index contributed by atoms with van der Waals surface area (Å²) in [6, 6.07) is 1.62. The predicted octanol–water partition coefficient (Wildman–Crippen LogP) is 0.613. The third kappa shape index (κ3) is 1.89. The van der Waals surface area contributed by atoms with Crippen LogP contribution in [0, 0.1) is 6.92 Å². The topological polar surface area (TPSA) is 72.4 Å². The number of rotatable bonds is 2. The van der Waals surface area contributed by atoms with Crippen molar-refractivity contribution in [2.45, 2.75) is 13.8 Å². The number of hydrogen-bond acceptors (Lipinski definition) is 5. The lowest BCUT2D eigenvalue weighted by atomic mass is 10.3. The molecule has 0 N–H and O–H groups in total. The van der Waals surface area contributed by atoms with Crippen LogP contribution in [0.2, 0.25) is 0 Å². The Bertz CT molecular complexity index is 537. The van der Waals surface area contributed by atoms with Gasteiger partial charge in [0.2, 0.25) is 11.8 Å². The van der Waals surface area contributed by atoms with E-state index >= 15 is 0 Å². The van der Waals surface area contributed by atoms with Gasteiger partial charge in [-0.15, -0.1) is 0 Å². The normalized spacial score (nSPS) is 15.2. The SMILES string of the molecule is COc1cc(C)nc(N2C(=O)C=C(C)C2=O)n1. The summed E-state index contributed by atoms with van der Waals surface area (Å²) in [4.78, 5) is 32.3. The summed E-state index contributed by atoms with van der Waals surface area (Å²) in [5.74, 6) is -0.467. The molecule has 6 heteroatoms. The summed E-state index contributed by atoms with van der Waals surface area (Å²) in [5, 5.41) is 0. The second kappa shape index (κ2) is 3.97. The van der Waals surface area contributed by atoms with Crippen molar-refractivity contribution in [3.05, 3.63) is 23.4 Å². The molecule has 0 aliphatic carbocycles. The Morgan fingerprint density at radius 1 is 1.24 bits per heavy atom. The second-order valence-corrected chi connectivity index (χ2v) is 3.66. The molecule has 0 fully saturated rings. The molecule has 2 rings (SSSR count). The van der Waals surface area contributed by atoms with Gasteiger partial charge in [-0.2, -0.15) is 4.98 Å². The number of methoxy groups -OCH3 is 1. The van der Waals surface area contributed by atoms with Gasteiger partial charge in [0.05, 0.1) is 7.11 Å². The maximum Gasteiger partial charge on any atom is 0.263 e. The van der Waals surface area contributed by atoms with Crippen molar-refractivity contribution >= 4 is 17.8 Å². The van der Waals surface area contributed by atoms with Gasteiger partial charge in [0, 0.05) is 23.4 Å². The van der Waals surface area contributed by atoms with Crippen molar-refractivity contribution in [2.24, 2.45) is 0 Å². The van der Waals surface area contributed by atoms with Crippen LogP contribution in [0.5, 0.6) is 5.88 Å². The first-order chi connectivity index (χ1) is 8.02. The highest BCUT2D eigenvalue weighted by Gasteiger charge is 2.32. The molecule has 1 aliphatic rings. The van der Waals surface area contributed by atoms with E-state index in [9.17, 15) is 9.59 Å². The van der Waals surface area contributed by atoms with Crippen molar-refractivity contribution in [2.75, 3.05) is 12.0 Å². The summed E-state index contributed by atoms with van der Waals surface area (Å²) in [7, 11) is 1.46. The Balaban J connectivity index is 2.45. The van der Waals surface area contributed by atoms with E-state index in [1.54, 1.807) is 19.9 Å². The molecule has 88 valence electrons. The van der Waals surface area contributed by atoms with Gasteiger partial charge in [-0.05, 0) is 13.8 Å². The minimum Gasteiger partial charge on any atom is -0.481 e.